The maximum Gasteiger partial charge on any atom is 0.150 e. The van der Waals surface area contributed by atoms with E-state index in [0.29, 0.717) is 0 Å². The van der Waals surface area contributed by atoms with Crippen LogP contribution in [0.25, 0.3) is 10.7 Å². The van der Waals surface area contributed by atoms with Crippen LogP contribution in [0.2, 0.25) is 0 Å². The minimum absolute atomic E-state index is 0.915. The molecule has 2 nitrogen and oxygen atoms in total. The Kier molecular flexibility index (Phi) is 3.30. The highest BCUT2D eigenvalue weighted by atomic mass is 32.1. The fourth-order valence-electron chi connectivity index (χ4n) is 1.93. The largest absolute Gasteiger partial charge is 0.325 e. The highest BCUT2D eigenvalue weighted by molar-refractivity contribution is 7.13. The highest BCUT2D eigenvalue weighted by Crippen LogP contribution is 2.25. The molecule has 0 aliphatic rings. The van der Waals surface area contributed by atoms with Crippen molar-refractivity contribution in [3.8, 4) is 10.7 Å². The summed E-state index contributed by atoms with van der Waals surface area (Å²) in [5.74, 6) is 1.07. The van der Waals surface area contributed by atoms with E-state index in [4.69, 9.17) is 0 Å². The fourth-order valence-corrected chi connectivity index (χ4v) is 3.63. The van der Waals surface area contributed by atoms with Gasteiger partial charge in [0, 0.05) is 22.1 Å². The second kappa shape index (κ2) is 5.08. The lowest BCUT2D eigenvalue weighted by atomic mass is 10.3. The second-order valence-corrected chi connectivity index (χ2v) is 6.28. The van der Waals surface area contributed by atoms with Crippen molar-refractivity contribution in [2.45, 2.75) is 19.9 Å². The van der Waals surface area contributed by atoms with E-state index in [1.54, 1.807) is 11.3 Å². The van der Waals surface area contributed by atoms with Gasteiger partial charge in [0.25, 0.3) is 0 Å². The topological polar surface area (TPSA) is 17.8 Å². The Hall–Kier alpha value is -1.39. The Labute approximate surface area is 115 Å². The summed E-state index contributed by atoms with van der Waals surface area (Å²) >= 11 is 3.63. The van der Waals surface area contributed by atoms with Crippen LogP contribution in [-0.4, -0.2) is 9.55 Å². The van der Waals surface area contributed by atoms with Gasteiger partial charge in [-0.2, -0.15) is 0 Å². The van der Waals surface area contributed by atoms with Crippen LogP contribution in [0.15, 0.2) is 42.0 Å². The van der Waals surface area contributed by atoms with Crippen LogP contribution in [0.5, 0.6) is 0 Å². The van der Waals surface area contributed by atoms with Gasteiger partial charge in [0.05, 0.1) is 11.4 Å². The quantitative estimate of drug-likeness (QED) is 0.694. The third kappa shape index (κ3) is 2.26. The van der Waals surface area contributed by atoms with Crippen molar-refractivity contribution in [3.05, 3.63) is 51.8 Å². The molecule has 3 aromatic heterocycles. The van der Waals surface area contributed by atoms with E-state index in [9.17, 15) is 0 Å². The Balaban J connectivity index is 1.87. The lowest BCUT2D eigenvalue weighted by Crippen LogP contribution is -1.98. The van der Waals surface area contributed by atoms with E-state index < -0.39 is 0 Å². The molecule has 0 N–H and O–H groups in total. The van der Waals surface area contributed by atoms with Gasteiger partial charge in [0.15, 0.2) is 0 Å². The first-order valence-electron chi connectivity index (χ1n) is 5.99. The molecule has 0 aliphatic carbocycles. The number of hydrogen-bond donors (Lipinski definition) is 0. The van der Waals surface area contributed by atoms with Crippen molar-refractivity contribution in [3.63, 3.8) is 0 Å². The standard InChI is InChI=1S/C14H14N2S2/c1-2-11-5-6-12(18-11)10-16-8-7-15-14(16)13-4-3-9-17-13/h3-9H,2,10H2,1H3. The van der Waals surface area contributed by atoms with Crippen LogP contribution in [0.3, 0.4) is 0 Å². The van der Waals surface area contributed by atoms with Gasteiger partial charge in [-0.3, -0.25) is 0 Å². The third-order valence-corrected chi connectivity index (χ3v) is 4.93. The number of hydrogen-bond acceptors (Lipinski definition) is 3. The summed E-state index contributed by atoms with van der Waals surface area (Å²) in [4.78, 5) is 8.53. The molecule has 3 rings (SSSR count). The first kappa shape index (κ1) is 11.7. The summed E-state index contributed by atoms with van der Waals surface area (Å²) in [5.41, 5.74) is 0. The van der Waals surface area contributed by atoms with Crippen LogP contribution >= 0.6 is 22.7 Å². The average molecular weight is 274 g/mol. The van der Waals surface area contributed by atoms with Crippen LogP contribution in [0.4, 0.5) is 0 Å². The van der Waals surface area contributed by atoms with E-state index in [-0.39, 0.29) is 0 Å². The van der Waals surface area contributed by atoms with Crippen molar-refractivity contribution in [1.29, 1.82) is 0 Å². The van der Waals surface area contributed by atoms with Crippen molar-refractivity contribution < 1.29 is 0 Å². The molecule has 0 amide bonds. The smallest absolute Gasteiger partial charge is 0.150 e. The maximum atomic E-state index is 4.46. The molecule has 3 aromatic rings. The number of rotatable bonds is 4. The molecule has 0 aromatic carbocycles. The van der Waals surface area contributed by atoms with Crippen molar-refractivity contribution in [2.75, 3.05) is 0 Å². The number of aromatic nitrogens is 2. The van der Waals surface area contributed by atoms with E-state index in [1.165, 1.54) is 14.6 Å². The van der Waals surface area contributed by atoms with Gasteiger partial charge in [0.2, 0.25) is 0 Å². The fraction of sp³-hybridized carbons (Fsp3) is 0.214. The summed E-state index contributed by atoms with van der Waals surface area (Å²) in [6.45, 7) is 3.11. The lowest BCUT2D eigenvalue weighted by Gasteiger charge is -2.04. The molecule has 0 unspecified atom stereocenters. The van der Waals surface area contributed by atoms with E-state index in [1.807, 2.05) is 17.5 Å². The van der Waals surface area contributed by atoms with E-state index in [2.05, 4.69) is 52.3 Å². The molecule has 0 saturated carbocycles. The zero-order valence-corrected chi connectivity index (χ0v) is 11.8. The Morgan fingerprint density at radius 1 is 1.22 bits per heavy atom. The highest BCUT2D eigenvalue weighted by Gasteiger charge is 2.08. The normalized spacial score (nSPS) is 10.9. The van der Waals surface area contributed by atoms with Crippen molar-refractivity contribution in [2.24, 2.45) is 0 Å². The van der Waals surface area contributed by atoms with Crippen LogP contribution in [-0.2, 0) is 13.0 Å². The van der Waals surface area contributed by atoms with Gasteiger partial charge in [0.1, 0.15) is 5.82 Å². The minimum atomic E-state index is 0.915. The number of nitrogens with zero attached hydrogens (tertiary/aromatic N) is 2. The first-order valence-corrected chi connectivity index (χ1v) is 7.69. The molecule has 3 heterocycles. The molecular formula is C14H14N2S2. The summed E-state index contributed by atoms with van der Waals surface area (Å²) in [6, 6.07) is 8.64. The van der Waals surface area contributed by atoms with Gasteiger partial charge in [-0.25, -0.2) is 4.98 Å². The van der Waals surface area contributed by atoms with Crippen LogP contribution in [0.1, 0.15) is 16.7 Å². The predicted molar refractivity (Wildman–Crippen MR) is 78.3 cm³/mol. The molecule has 0 bridgehead atoms. The van der Waals surface area contributed by atoms with E-state index >= 15 is 0 Å². The van der Waals surface area contributed by atoms with Crippen LogP contribution in [0, 0.1) is 0 Å². The summed E-state index contributed by atoms with van der Waals surface area (Å²) in [7, 11) is 0. The molecule has 0 aliphatic heterocycles. The number of imidazole rings is 1. The minimum Gasteiger partial charge on any atom is -0.325 e. The van der Waals surface area contributed by atoms with Gasteiger partial charge in [-0.15, -0.1) is 22.7 Å². The molecule has 0 atom stereocenters. The molecule has 92 valence electrons. The molecule has 0 radical (unpaired) electrons. The molecule has 0 spiro atoms. The predicted octanol–water partition coefficient (Wildman–Crippen LogP) is 4.28. The van der Waals surface area contributed by atoms with Crippen molar-refractivity contribution >= 4 is 22.7 Å². The average Bonchev–Trinajstić information content (AvgIpc) is 3.09. The summed E-state index contributed by atoms with van der Waals surface area (Å²) in [5, 5.41) is 2.09. The molecular weight excluding hydrogens is 260 g/mol. The SMILES string of the molecule is CCc1ccc(Cn2ccnc2-c2cccs2)s1. The third-order valence-electron chi connectivity index (χ3n) is 2.85. The maximum absolute atomic E-state index is 4.46. The van der Waals surface area contributed by atoms with Gasteiger partial charge in [-0.05, 0) is 30.0 Å². The molecule has 4 heteroatoms. The zero-order valence-electron chi connectivity index (χ0n) is 10.2. The summed E-state index contributed by atoms with van der Waals surface area (Å²) in [6.07, 6.45) is 5.05. The van der Waals surface area contributed by atoms with Gasteiger partial charge in [-0.1, -0.05) is 13.0 Å². The lowest BCUT2D eigenvalue weighted by molar-refractivity contribution is 0.822. The van der Waals surface area contributed by atoms with Gasteiger partial charge < -0.3 is 4.57 Å². The molecule has 18 heavy (non-hydrogen) atoms. The zero-order chi connectivity index (χ0) is 12.4. The Bertz CT molecular complexity index is 620. The van der Waals surface area contributed by atoms with E-state index in [0.717, 1.165) is 18.8 Å². The second-order valence-electron chi connectivity index (χ2n) is 4.08. The van der Waals surface area contributed by atoms with Gasteiger partial charge >= 0.3 is 0 Å². The first-order chi connectivity index (χ1) is 8.86. The Morgan fingerprint density at radius 2 is 2.11 bits per heavy atom. The Morgan fingerprint density at radius 3 is 2.83 bits per heavy atom. The van der Waals surface area contributed by atoms with Crippen LogP contribution < -0.4 is 0 Å². The molecule has 0 saturated heterocycles. The molecule has 0 fully saturated rings. The monoisotopic (exact) mass is 274 g/mol. The summed E-state index contributed by atoms with van der Waals surface area (Å²) < 4.78 is 2.22. The van der Waals surface area contributed by atoms with Crippen molar-refractivity contribution in [1.82, 2.24) is 9.55 Å². The number of thiophene rings is 2. The number of aryl methyl sites for hydroxylation is 1.